The molecule has 0 aliphatic rings. The van der Waals surface area contributed by atoms with Gasteiger partial charge in [-0.05, 0) is 19.1 Å². The van der Waals surface area contributed by atoms with Crippen LogP contribution in [0.1, 0.15) is 24.5 Å². The summed E-state index contributed by atoms with van der Waals surface area (Å²) in [4.78, 5) is 0. The molecule has 0 spiro atoms. The van der Waals surface area contributed by atoms with Gasteiger partial charge in [0.2, 0.25) is 0 Å². The summed E-state index contributed by atoms with van der Waals surface area (Å²) < 4.78 is 42.6. The van der Waals surface area contributed by atoms with Gasteiger partial charge in [0, 0.05) is 5.56 Å². The molecule has 0 fully saturated rings. The van der Waals surface area contributed by atoms with Crippen LogP contribution < -0.4 is 0 Å². The van der Waals surface area contributed by atoms with E-state index >= 15 is 0 Å². The largest absolute Gasteiger partial charge is 0.494 e. The van der Waals surface area contributed by atoms with Gasteiger partial charge in [0.05, 0.1) is 12.2 Å². The molecule has 1 aromatic carbocycles. The molecule has 4 heteroatoms. The van der Waals surface area contributed by atoms with E-state index in [1.807, 2.05) is 0 Å². The van der Waals surface area contributed by atoms with Crippen LogP contribution in [0.2, 0.25) is 0 Å². The average Bonchev–Trinajstić information content (AvgIpc) is 2.17. The first-order valence-corrected chi connectivity index (χ1v) is 4.46. The highest BCUT2D eigenvalue weighted by Gasteiger charge is 2.14. The fourth-order valence-electron chi connectivity index (χ4n) is 1.14. The Morgan fingerprint density at radius 1 is 1.47 bits per heavy atom. The Morgan fingerprint density at radius 3 is 2.60 bits per heavy atom. The summed E-state index contributed by atoms with van der Waals surface area (Å²) in [5.74, 6) is -0.666. The molecule has 0 aromatic heterocycles. The first-order valence-electron chi connectivity index (χ1n) is 4.46. The Bertz CT molecular complexity index is 361. The van der Waals surface area contributed by atoms with Crippen molar-refractivity contribution >= 4 is 5.76 Å². The van der Waals surface area contributed by atoms with Gasteiger partial charge in [0.25, 0.3) is 6.43 Å². The van der Waals surface area contributed by atoms with E-state index in [-0.39, 0.29) is 5.76 Å². The molecule has 0 radical (unpaired) electrons. The first kappa shape index (κ1) is 11.6. The SMILES string of the molecule is C=C(OCC)c1ccc(C(F)F)c(F)c1. The number of alkyl halides is 2. The quantitative estimate of drug-likeness (QED) is 0.696. The Balaban J connectivity index is 2.96. The van der Waals surface area contributed by atoms with Crippen molar-refractivity contribution in [1.82, 2.24) is 0 Å². The van der Waals surface area contributed by atoms with Crippen molar-refractivity contribution in [2.24, 2.45) is 0 Å². The van der Waals surface area contributed by atoms with Gasteiger partial charge < -0.3 is 4.74 Å². The Morgan fingerprint density at radius 2 is 2.13 bits per heavy atom. The third kappa shape index (κ3) is 2.75. The molecule has 0 unspecified atom stereocenters. The average molecular weight is 216 g/mol. The number of rotatable bonds is 4. The zero-order valence-corrected chi connectivity index (χ0v) is 8.27. The highest BCUT2D eigenvalue weighted by Crippen LogP contribution is 2.24. The van der Waals surface area contributed by atoms with Crippen LogP contribution in [-0.2, 0) is 4.74 Å². The maximum absolute atomic E-state index is 13.1. The molecule has 15 heavy (non-hydrogen) atoms. The fourth-order valence-corrected chi connectivity index (χ4v) is 1.14. The Kier molecular flexibility index (Phi) is 3.77. The fraction of sp³-hybridized carbons (Fsp3) is 0.273. The van der Waals surface area contributed by atoms with Crippen molar-refractivity contribution in [3.63, 3.8) is 0 Å². The van der Waals surface area contributed by atoms with Crippen molar-refractivity contribution < 1.29 is 17.9 Å². The lowest BCUT2D eigenvalue weighted by Crippen LogP contribution is -1.95. The highest BCUT2D eigenvalue weighted by molar-refractivity contribution is 5.57. The summed E-state index contributed by atoms with van der Waals surface area (Å²) in [6, 6.07) is 3.40. The molecule has 1 nitrogen and oxygen atoms in total. The topological polar surface area (TPSA) is 9.23 Å². The number of halogens is 3. The standard InChI is InChI=1S/C11H11F3O/c1-3-15-7(2)8-4-5-9(11(13)14)10(12)6-8/h4-6,11H,2-3H2,1H3. The van der Waals surface area contributed by atoms with Gasteiger partial charge in [-0.15, -0.1) is 0 Å². The lowest BCUT2D eigenvalue weighted by atomic mass is 10.1. The summed E-state index contributed by atoms with van der Waals surface area (Å²) in [7, 11) is 0. The van der Waals surface area contributed by atoms with Gasteiger partial charge in [-0.3, -0.25) is 0 Å². The Labute approximate surface area is 86.2 Å². The van der Waals surface area contributed by atoms with Gasteiger partial charge in [0.1, 0.15) is 11.6 Å². The predicted octanol–water partition coefficient (Wildman–Crippen LogP) is 3.77. The highest BCUT2D eigenvalue weighted by atomic mass is 19.3. The molecule has 0 heterocycles. The van der Waals surface area contributed by atoms with E-state index in [2.05, 4.69) is 6.58 Å². The minimum Gasteiger partial charge on any atom is -0.494 e. The second kappa shape index (κ2) is 4.87. The van der Waals surface area contributed by atoms with Crippen LogP contribution in [-0.4, -0.2) is 6.61 Å². The molecule has 0 aliphatic carbocycles. The van der Waals surface area contributed by atoms with Crippen molar-refractivity contribution in [2.45, 2.75) is 13.3 Å². The van der Waals surface area contributed by atoms with E-state index in [0.29, 0.717) is 12.2 Å². The molecule has 0 saturated heterocycles. The molecule has 0 saturated carbocycles. The molecule has 0 N–H and O–H groups in total. The summed E-state index contributed by atoms with van der Waals surface area (Å²) in [5.41, 5.74) is -0.234. The van der Waals surface area contributed by atoms with Crippen LogP contribution in [0.4, 0.5) is 13.2 Å². The first-order chi connectivity index (χ1) is 7.06. The predicted molar refractivity (Wildman–Crippen MR) is 52.0 cm³/mol. The van der Waals surface area contributed by atoms with Crippen LogP contribution in [0.3, 0.4) is 0 Å². The van der Waals surface area contributed by atoms with Crippen LogP contribution in [0.15, 0.2) is 24.8 Å². The van der Waals surface area contributed by atoms with Crippen LogP contribution in [0.25, 0.3) is 5.76 Å². The molecule has 0 bridgehead atoms. The van der Waals surface area contributed by atoms with E-state index in [0.717, 1.165) is 12.1 Å². The van der Waals surface area contributed by atoms with Crippen LogP contribution in [0, 0.1) is 5.82 Å². The van der Waals surface area contributed by atoms with Crippen LogP contribution >= 0.6 is 0 Å². The maximum atomic E-state index is 13.1. The van der Waals surface area contributed by atoms with Gasteiger partial charge in [-0.1, -0.05) is 12.6 Å². The van der Waals surface area contributed by atoms with E-state index in [1.54, 1.807) is 6.92 Å². The molecule has 1 aromatic rings. The lowest BCUT2D eigenvalue weighted by Gasteiger charge is -2.08. The number of ether oxygens (including phenoxy) is 1. The normalized spacial score (nSPS) is 10.5. The van der Waals surface area contributed by atoms with E-state index < -0.39 is 17.8 Å². The number of hydrogen-bond acceptors (Lipinski definition) is 1. The second-order valence-electron chi connectivity index (χ2n) is 2.89. The van der Waals surface area contributed by atoms with E-state index in [9.17, 15) is 13.2 Å². The van der Waals surface area contributed by atoms with Crippen LogP contribution in [0.5, 0.6) is 0 Å². The smallest absolute Gasteiger partial charge is 0.266 e. The van der Waals surface area contributed by atoms with Crippen molar-refractivity contribution in [3.05, 3.63) is 41.7 Å². The van der Waals surface area contributed by atoms with Crippen molar-refractivity contribution in [1.29, 1.82) is 0 Å². The molecular formula is C11H11F3O. The summed E-state index contributed by atoms with van der Waals surface area (Å²) in [6.07, 6.45) is -2.81. The number of hydrogen-bond donors (Lipinski definition) is 0. The van der Waals surface area contributed by atoms with Crippen molar-refractivity contribution in [2.75, 3.05) is 6.61 Å². The summed E-state index contributed by atoms with van der Waals surface area (Å²) in [6.45, 7) is 5.71. The lowest BCUT2D eigenvalue weighted by molar-refractivity contribution is 0.146. The Hall–Kier alpha value is -1.45. The molecule has 1 rings (SSSR count). The van der Waals surface area contributed by atoms with Gasteiger partial charge in [-0.2, -0.15) is 0 Å². The maximum Gasteiger partial charge on any atom is 0.266 e. The minimum atomic E-state index is -2.81. The molecule has 82 valence electrons. The minimum absolute atomic E-state index is 0.275. The third-order valence-electron chi connectivity index (χ3n) is 1.88. The van der Waals surface area contributed by atoms with Crippen molar-refractivity contribution in [3.8, 4) is 0 Å². The molecular weight excluding hydrogens is 205 g/mol. The third-order valence-corrected chi connectivity index (χ3v) is 1.88. The van der Waals surface area contributed by atoms with E-state index in [1.165, 1.54) is 6.07 Å². The molecule has 0 amide bonds. The zero-order valence-electron chi connectivity index (χ0n) is 8.27. The molecule has 0 aliphatic heterocycles. The second-order valence-corrected chi connectivity index (χ2v) is 2.89. The van der Waals surface area contributed by atoms with Gasteiger partial charge in [0.15, 0.2) is 0 Å². The zero-order chi connectivity index (χ0) is 11.4. The monoisotopic (exact) mass is 216 g/mol. The molecule has 0 atom stereocenters. The summed E-state index contributed by atoms with van der Waals surface area (Å²) in [5, 5.41) is 0. The van der Waals surface area contributed by atoms with Gasteiger partial charge in [-0.25, -0.2) is 13.2 Å². The number of benzene rings is 1. The van der Waals surface area contributed by atoms with Gasteiger partial charge >= 0.3 is 0 Å². The summed E-state index contributed by atoms with van der Waals surface area (Å²) >= 11 is 0. The van der Waals surface area contributed by atoms with E-state index in [4.69, 9.17) is 4.74 Å².